The van der Waals surface area contributed by atoms with Crippen molar-refractivity contribution >= 4 is 16.9 Å². The normalized spacial score (nSPS) is 10.8. The van der Waals surface area contributed by atoms with Crippen LogP contribution in [0.25, 0.3) is 22.3 Å². The van der Waals surface area contributed by atoms with Crippen LogP contribution in [-0.4, -0.2) is 26.2 Å². The number of fused-ring (bicyclic) bond motifs is 1. The van der Waals surface area contributed by atoms with Crippen molar-refractivity contribution in [3.05, 3.63) is 66.2 Å². The van der Waals surface area contributed by atoms with E-state index in [-0.39, 0.29) is 11.7 Å². The van der Waals surface area contributed by atoms with Crippen molar-refractivity contribution in [3.8, 4) is 11.3 Å². The van der Waals surface area contributed by atoms with Crippen LogP contribution in [0.1, 0.15) is 16.2 Å². The Bertz CT molecular complexity index is 990. The number of rotatable bonds is 4. The van der Waals surface area contributed by atoms with Gasteiger partial charge in [0.1, 0.15) is 5.69 Å². The van der Waals surface area contributed by atoms with Crippen LogP contribution in [0, 0.1) is 0 Å². The number of carbonyl (C=O) groups excluding carboxylic acids is 1. The molecule has 3 aromatic heterocycles. The minimum Gasteiger partial charge on any atom is -0.350 e. The highest BCUT2D eigenvalue weighted by Crippen LogP contribution is 2.18. The zero-order chi connectivity index (χ0) is 16.4. The second-order valence-electron chi connectivity index (χ2n) is 5.20. The first-order valence-electron chi connectivity index (χ1n) is 7.39. The third-order valence-electron chi connectivity index (χ3n) is 3.64. The molecule has 0 aliphatic carbocycles. The van der Waals surface area contributed by atoms with Crippen LogP contribution in [0.4, 0.5) is 0 Å². The Morgan fingerprint density at radius 3 is 2.92 bits per heavy atom. The van der Waals surface area contributed by atoms with E-state index in [2.05, 4.69) is 25.7 Å². The number of benzene rings is 1. The molecule has 1 amide bonds. The van der Waals surface area contributed by atoms with Gasteiger partial charge >= 0.3 is 0 Å². The highest BCUT2D eigenvalue weighted by atomic mass is 16.5. The van der Waals surface area contributed by atoms with Gasteiger partial charge in [0.05, 0.1) is 12.2 Å². The van der Waals surface area contributed by atoms with E-state index in [0.29, 0.717) is 17.9 Å². The van der Waals surface area contributed by atoms with E-state index in [1.54, 1.807) is 12.3 Å². The Morgan fingerprint density at radius 2 is 2.04 bits per heavy atom. The number of hydrogen-bond acceptors (Lipinski definition) is 5. The quantitative estimate of drug-likeness (QED) is 0.602. The average molecular weight is 319 g/mol. The van der Waals surface area contributed by atoms with Crippen molar-refractivity contribution in [2.24, 2.45) is 0 Å². The first kappa shape index (κ1) is 14.1. The number of carbonyl (C=O) groups is 1. The number of pyridine rings is 1. The fourth-order valence-electron chi connectivity index (χ4n) is 2.42. The lowest BCUT2D eigenvalue weighted by molar-refractivity contribution is 0.0913. The first-order chi connectivity index (χ1) is 11.8. The Kier molecular flexibility index (Phi) is 3.51. The molecule has 0 saturated carbocycles. The SMILES string of the molecule is O=C(NCc1[nH]nc2ncccc12)c1cc(-c2ccccc2)no1. The molecule has 24 heavy (non-hydrogen) atoms. The third-order valence-corrected chi connectivity index (χ3v) is 3.64. The summed E-state index contributed by atoms with van der Waals surface area (Å²) in [7, 11) is 0. The number of nitrogens with one attached hydrogen (secondary N) is 2. The highest BCUT2D eigenvalue weighted by Gasteiger charge is 2.15. The number of aromatic nitrogens is 4. The van der Waals surface area contributed by atoms with Gasteiger partial charge in [-0.25, -0.2) is 4.98 Å². The predicted molar refractivity (Wildman–Crippen MR) is 87.0 cm³/mol. The molecule has 4 aromatic rings. The van der Waals surface area contributed by atoms with Crippen LogP contribution in [0.5, 0.6) is 0 Å². The van der Waals surface area contributed by atoms with E-state index in [9.17, 15) is 4.79 Å². The first-order valence-corrected chi connectivity index (χ1v) is 7.39. The molecule has 4 rings (SSSR count). The Hall–Kier alpha value is -3.48. The van der Waals surface area contributed by atoms with Gasteiger partial charge in [0.25, 0.3) is 5.91 Å². The number of H-pyrrole nitrogens is 1. The number of nitrogens with zero attached hydrogens (tertiary/aromatic N) is 3. The average Bonchev–Trinajstić information content (AvgIpc) is 3.28. The lowest BCUT2D eigenvalue weighted by Gasteiger charge is -2.00. The molecule has 0 saturated heterocycles. The summed E-state index contributed by atoms with van der Waals surface area (Å²) >= 11 is 0. The zero-order valence-corrected chi connectivity index (χ0v) is 12.6. The maximum atomic E-state index is 12.2. The van der Waals surface area contributed by atoms with Crippen molar-refractivity contribution in [3.63, 3.8) is 0 Å². The van der Waals surface area contributed by atoms with Crippen molar-refractivity contribution in [2.45, 2.75) is 6.54 Å². The number of amides is 1. The Morgan fingerprint density at radius 1 is 1.17 bits per heavy atom. The maximum absolute atomic E-state index is 12.2. The fraction of sp³-hybridized carbons (Fsp3) is 0.0588. The summed E-state index contributed by atoms with van der Waals surface area (Å²) in [6.45, 7) is 0.294. The molecule has 0 aliphatic rings. The van der Waals surface area contributed by atoms with E-state index in [1.807, 2.05) is 42.5 Å². The van der Waals surface area contributed by atoms with Crippen molar-refractivity contribution in [1.29, 1.82) is 0 Å². The van der Waals surface area contributed by atoms with Crippen molar-refractivity contribution < 1.29 is 9.32 Å². The van der Waals surface area contributed by atoms with Gasteiger partial charge in [0.15, 0.2) is 5.65 Å². The molecule has 2 N–H and O–H groups in total. The van der Waals surface area contributed by atoms with Crippen LogP contribution < -0.4 is 5.32 Å². The van der Waals surface area contributed by atoms with Gasteiger partial charge in [-0.3, -0.25) is 9.89 Å². The molecular formula is C17H13N5O2. The standard InChI is InChI=1S/C17H13N5O2/c23-17(15-9-13(22-24-15)11-5-2-1-3-6-11)19-10-14-12-7-4-8-18-16(12)21-20-14/h1-9H,10H2,(H,19,23)(H,18,20,21). The lowest BCUT2D eigenvalue weighted by Crippen LogP contribution is -2.22. The Labute approximate surface area is 136 Å². The molecule has 7 nitrogen and oxygen atoms in total. The summed E-state index contributed by atoms with van der Waals surface area (Å²) < 4.78 is 5.14. The monoisotopic (exact) mass is 319 g/mol. The van der Waals surface area contributed by atoms with Crippen LogP contribution in [0.2, 0.25) is 0 Å². The van der Waals surface area contributed by atoms with Gasteiger partial charge in [-0.05, 0) is 12.1 Å². The Balaban J connectivity index is 1.48. The summed E-state index contributed by atoms with van der Waals surface area (Å²) in [5.74, 6) is -0.174. The molecule has 7 heteroatoms. The summed E-state index contributed by atoms with van der Waals surface area (Å²) in [5, 5.41) is 14.6. The molecule has 0 atom stereocenters. The van der Waals surface area contributed by atoms with Gasteiger partial charge in [-0.2, -0.15) is 5.10 Å². The van der Waals surface area contributed by atoms with Gasteiger partial charge in [-0.1, -0.05) is 35.5 Å². The maximum Gasteiger partial charge on any atom is 0.290 e. The summed E-state index contributed by atoms with van der Waals surface area (Å²) in [4.78, 5) is 16.4. The highest BCUT2D eigenvalue weighted by molar-refractivity contribution is 5.92. The van der Waals surface area contributed by atoms with Crippen LogP contribution >= 0.6 is 0 Å². The molecule has 0 bridgehead atoms. The summed E-state index contributed by atoms with van der Waals surface area (Å²) in [6.07, 6.45) is 1.67. The summed E-state index contributed by atoms with van der Waals surface area (Å²) in [6, 6.07) is 14.9. The number of aromatic amines is 1. The molecule has 0 spiro atoms. The molecule has 1 aromatic carbocycles. The second-order valence-corrected chi connectivity index (χ2v) is 5.20. The summed E-state index contributed by atoms with van der Waals surface area (Å²) in [5.41, 5.74) is 2.92. The van der Waals surface area contributed by atoms with E-state index in [0.717, 1.165) is 16.6 Å². The van der Waals surface area contributed by atoms with Gasteiger partial charge < -0.3 is 9.84 Å². The zero-order valence-electron chi connectivity index (χ0n) is 12.6. The predicted octanol–water partition coefficient (Wildman–Crippen LogP) is 2.54. The third kappa shape index (κ3) is 2.63. The molecule has 0 fully saturated rings. The minimum absolute atomic E-state index is 0.163. The molecule has 0 unspecified atom stereocenters. The van der Waals surface area contributed by atoms with E-state index in [1.165, 1.54) is 0 Å². The van der Waals surface area contributed by atoms with Gasteiger partial charge in [0, 0.05) is 23.2 Å². The van der Waals surface area contributed by atoms with Crippen molar-refractivity contribution in [1.82, 2.24) is 25.7 Å². The molecule has 0 aliphatic heterocycles. The molecule has 0 radical (unpaired) electrons. The van der Waals surface area contributed by atoms with Crippen LogP contribution in [0.3, 0.4) is 0 Å². The van der Waals surface area contributed by atoms with Gasteiger partial charge in [-0.15, -0.1) is 0 Å². The molecule has 118 valence electrons. The van der Waals surface area contributed by atoms with Gasteiger partial charge in [0.2, 0.25) is 5.76 Å². The number of hydrogen-bond donors (Lipinski definition) is 2. The second kappa shape index (κ2) is 5.96. The largest absolute Gasteiger partial charge is 0.350 e. The minimum atomic E-state index is -0.337. The lowest BCUT2D eigenvalue weighted by atomic mass is 10.1. The topological polar surface area (TPSA) is 96.7 Å². The molecule has 3 heterocycles. The molecular weight excluding hydrogens is 306 g/mol. The smallest absolute Gasteiger partial charge is 0.290 e. The van der Waals surface area contributed by atoms with Crippen LogP contribution in [0.15, 0.2) is 59.3 Å². The van der Waals surface area contributed by atoms with E-state index < -0.39 is 0 Å². The van der Waals surface area contributed by atoms with Crippen LogP contribution in [-0.2, 0) is 6.54 Å². The fourth-order valence-corrected chi connectivity index (χ4v) is 2.42. The van der Waals surface area contributed by atoms with Crippen molar-refractivity contribution in [2.75, 3.05) is 0 Å². The van der Waals surface area contributed by atoms with E-state index in [4.69, 9.17) is 4.52 Å². The van der Waals surface area contributed by atoms with E-state index >= 15 is 0 Å².